The van der Waals surface area contributed by atoms with Gasteiger partial charge in [0.05, 0.1) is 5.56 Å². The molecule has 0 bridgehead atoms. The molecule has 7 heteroatoms. The standard InChI is InChI=1S/C20H25N3O4/c1-13-2-3-15(11-21-13)18(25)23-12-20(10-16(23)19(26)27)6-8-22(9-7-20)17(24)14-4-5-14/h2-3,11,14,16H,4-10,12H2,1H3,(H,26,27)/t16-/m1/s1. The summed E-state index contributed by atoms with van der Waals surface area (Å²) in [6, 6.07) is 2.65. The number of pyridine rings is 1. The molecular weight excluding hydrogens is 346 g/mol. The van der Waals surface area contributed by atoms with Gasteiger partial charge in [-0.1, -0.05) is 0 Å². The van der Waals surface area contributed by atoms with Gasteiger partial charge in [0, 0.05) is 37.4 Å². The number of carbonyl (C=O) groups excluding carboxylic acids is 2. The second kappa shape index (κ2) is 6.62. The number of aromatic nitrogens is 1. The average Bonchev–Trinajstić information content (AvgIpc) is 3.44. The minimum absolute atomic E-state index is 0.210. The molecule has 2 saturated heterocycles. The Morgan fingerprint density at radius 1 is 1.19 bits per heavy atom. The summed E-state index contributed by atoms with van der Waals surface area (Å²) >= 11 is 0. The fraction of sp³-hybridized carbons (Fsp3) is 0.600. The van der Waals surface area contributed by atoms with Gasteiger partial charge < -0.3 is 14.9 Å². The molecule has 3 heterocycles. The molecule has 1 atom stereocenters. The van der Waals surface area contributed by atoms with Gasteiger partial charge in [-0.3, -0.25) is 14.6 Å². The summed E-state index contributed by atoms with van der Waals surface area (Å²) < 4.78 is 0. The molecule has 2 aliphatic heterocycles. The van der Waals surface area contributed by atoms with E-state index in [1.54, 1.807) is 12.1 Å². The zero-order valence-electron chi connectivity index (χ0n) is 15.6. The van der Waals surface area contributed by atoms with E-state index in [1.165, 1.54) is 11.1 Å². The fourth-order valence-corrected chi connectivity index (χ4v) is 4.40. The van der Waals surface area contributed by atoms with Gasteiger partial charge in [0.15, 0.2) is 0 Å². The molecule has 0 radical (unpaired) electrons. The molecule has 1 spiro atoms. The number of hydrogen-bond donors (Lipinski definition) is 1. The van der Waals surface area contributed by atoms with Crippen LogP contribution in [0.3, 0.4) is 0 Å². The summed E-state index contributed by atoms with van der Waals surface area (Å²) in [7, 11) is 0. The predicted molar refractivity (Wildman–Crippen MR) is 97.0 cm³/mol. The number of rotatable bonds is 3. The first-order chi connectivity index (χ1) is 12.9. The molecule has 3 aliphatic rings. The smallest absolute Gasteiger partial charge is 0.326 e. The molecule has 144 valence electrons. The predicted octanol–water partition coefficient (Wildman–Crippen LogP) is 1.71. The Balaban J connectivity index is 1.48. The monoisotopic (exact) mass is 371 g/mol. The number of hydrogen-bond acceptors (Lipinski definition) is 4. The lowest BCUT2D eigenvalue weighted by Gasteiger charge is -2.39. The van der Waals surface area contributed by atoms with Gasteiger partial charge in [0.1, 0.15) is 6.04 Å². The molecule has 1 saturated carbocycles. The van der Waals surface area contributed by atoms with E-state index in [0.29, 0.717) is 31.6 Å². The Morgan fingerprint density at radius 3 is 2.44 bits per heavy atom. The Bertz CT molecular complexity index is 764. The molecule has 1 aromatic rings. The van der Waals surface area contributed by atoms with Crippen LogP contribution in [0.25, 0.3) is 0 Å². The van der Waals surface area contributed by atoms with Gasteiger partial charge in [-0.15, -0.1) is 0 Å². The first-order valence-corrected chi connectivity index (χ1v) is 9.64. The van der Waals surface area contributed by atoms with Crippen molar-refractivity contribution in [3.05, 3.63) is 29.6 Å². The zero-order chi connectivity index (χ0) is 19.2. The first-order valence-electron chi connectivity index (χ1n) is 9.64. The minimum Gasteiger partial charge on any atom is -0.480 e. The number of carboxylic acid groups (broad SMARTS) is 1. The van der Waals surface area contributed by atoms with E-state index < -0.39 is 12.0 Å². The maximum absolute atomic E-state index is 12.9. The minimum atomic E-state index is -0.961. The zero-order valence-corrected chi connectivity index (χ0v) is 15.6. The summed E-state index contributed by atoms with van der Waals surface area (Å²) in [6.07, 6.45) is 5.47. The van der Waals surface area contributed by atoms with Crippen LogP contribution in [0.1, 0.15) is 48.2 Å². The lowest BCUT2D eigenvalue weighted by molar-refractivity contribution is -0.141. The molecule has 2 amide bonds. The second-order valence-corrected chi connectivity index (χ2v) is 8.28. The quantitative estimate of drug-likeness (QED) is 0.873. The Hall–Kier alpha value is -2.44. The average molecular weight is 371 g/mol. The summed E-state index contributed by atoms with van der Waals surface area (Å²) in [5.74, 6) is -0.780. The van der Waals surface area contributed by atoms with Crippen LogP contribution in [0.15, 0.2) is 18.3 Å². The highest BCUT2D eigenvalue weighted by molar-refractivity contribution is 5.96. The highest BCUT2D eigenvalue weighted by atomic mass is 16.4. The second-order valence-electron chi connectivity index (χ2n) is 8.28. The van der Waals surface area contributed by atoms with Crippen molar-refractivity contribution in [3.63, 3.8) is 0 Å². The number of nitrogens with zero attached hydrogens (tertiary/aromatic N) is 3. The van der Waals surface area contributed by atoms with E-state index in [4.69, 9.17) is 0 Å². The van der Waals surface area contributed by atoms with Crippen molar-refractivity contribution in [3.8, 4) is 0 Å². The molecule has 4 rings (SSSR count). The van der Waals surface area contributed by atoms with Gasteiger partial charge in [-0.2, -0.15) is 0 Å². The molecule has 1 N–H and O–H groups in total. The maximum Gasteiger partial charge on any atom is 0.326 e. The third kappa shape index (κ3) is 3.42. The van der Waals surface area contributed by atoms with Gasteiger partial charge in [0.2, 0.25) is 5.91 Å². The largest absolute Gasteiger partial charge is 0.480 e. The summed E-state index contributed by atoms with van der Waals surface area (Å²) in [4.78, 5) is 44.6. The number of carbonyl (C=O) groups is 3. The van der Waals surface area contributed by atoms with Gasteiger partial charge >= 0.3 is 5.97 Å². The van der Waals surface area contributed by atoms with E-state index in [9.17, 15) is 19.5 Å². The van der Waals surface area contributed by atoms with E-state index in [0.717, 1.165) is 31.4 Å². The topological polar surface area (TPSA) is 90.8 Å². The highest BCUT2D eigenvalue weighted by Gasteiger charge is 2.50. The molecule has 1 aliphatic carbocycles. The van der Waals surface area contributed by atoms with Crippen LogP contribution >= 0.6 is 0 Å². The van der Waals surface area contributed by atoms with Crippen molar-refractivity contribution in [2.75, 3.05) is 19.6 Å². The van der Waals surface area contributed by atoms with Gasteiger partial charge in [-0.25, -0.2) is 4.79 Å². The molecule has 0 unspecified atom stereocenters. The lowest BCUT2D eigenvalue weighted by Crippen LogP contribution is -2.45. The van der Waals surface area contributed by atoms with Crippen LogP contribution in [-0.4, -0.2) is 63.4 Å². The Morgan fingerprint density at radius 2 is 1.89 bits per heavy atom. The van der Waals surface area contributed by atoms with Crippen LogP contribution in [0.5, 0.6) is 0 Å². The fourth-order valence-electron chi connectivity index (χ4n) is 4.40. The van der Waals surface area contributed by atoms with Crippen LogP contribution in [0, 0.1) is 18.3 Å². The van der Waals surface area contributed by atoms with E-state index in [-0.39, 0.29) is 23.1 Å². The number of likely N-dealkylation sites (tertiary alicyclic amines) is 2. The van der Waals surface area contributed by atoms with Crippen LogP contribution in [0.4, 0.5) is 0 Å². The highest BCUT2D eigenvalue weighted by Crippen LogP contribution is 2.44. The number of carboxylic acids is 1. The normalized spacial score (nSPS) is 24.3. The van der Waals surface area contributed by atoms with Crippen molar-refractivity contribution >= 4 is 17.8 Å². The third-order valence-electron chi connectivity index (χ3n) is 6.27. The van der Waals surface area contributed by atoms with Gasteiger partial charge in [0.25, 0.3) is 5.91 Å². The Labute approximate surface area is 158 Å². The molecule has 1 aromatic heterocycles. The molecular formula is C20H25N3O4. The van der Waals surface area contributed by atoms with E-state index >= 15 is 0 Å². The Kier molecular flexibility index (Phi) is 4.40. The van der Waals surface area contributed by atoms with Crippen LogP contribution < -0.4 is 0 Å². The molecule has 3 fully saturated rings. The van der Waals surface area contributed by atoms with E-state index in [2.05, 4.69) is 4.98 Å². The molecule has 0 aromatic carbocycles. The van der Waals surface area contributed by atoms with Crippen molar-refractivity contribution in [1.82, 2.24) is 14.8 Å². The molecule has 7 nitrogen and oxygen atoms in total. The number of aliphatic carboxylic acids is 1. The third-order valence-corrected chi connectivity index (χ3v) is 6.27. The van der Waals surface area contributed by atoms with Crippen LogP contribution in [0.2, 0.25) is 0 Å². The maximum atomic E-state index is 12.9. The van der Waals surface area contributed by atoms with Crippen molar-refractivity contribution in [2.45, 2.75) is 45.1 Å². The first kappa shape index (κ1) is 17.9. The lowest BCUT2D eigenvalue weighted by atomic mass is 9.76. The van der Waals surface area contributed by atoms with Crippen LogP contribution in [-0.2, 0) is 9.59 Å². The molecule has 27 heavy (non-hydrogen) atoms. The van der Waals surface area contributed by atoms with E-state index in [1.807, 2.05) is 11.8 Å². The summed E-state index contributed by atoms with van der Waals surface area (Å²) in [5.41, 5.74) is 1.02. The van der Waals surface area contributed by atoms with Crippen molar-refractivity contribution in [1.29, 1.82) is 0 Å². The van der Waals surface area contributed by atoms with Crippen molar-refractivity contribution < 1.29 is 19.5 Å². The number of amides is 2. The van der Waals surface area contributed by atoms with Crippen molar-refractivity contribution in [2.24, 2.45) is 11.3 Å². The summed E-state index contributed by atoms with van der Waals surface area (Å²) in [6.45, 7) is 3.60. The van der Waals surface area contributed by atoms with Gasteiger partial charge in [-0.05, 0) is 56.6 Å². The number of piperidine rings is 1. The number of aryl methyl sites for hydroxylation is 1. The SMILES string of the molecule is Cc1ccc(C(=O)N2CC3(CCN(C(=O)C4CC4)CC3)C[C@@H]2C(=O)O)cn1. The summed E-state index contributed by atoms with van der Waals surface area (Å²) in [5, 5.41) is 9.68.